The summed E-state index contributed by atoms with van der Waals surface area (Å²) in [5.41, 5.74) is 9.17. The summed E-state index contributed by atoms with van der Waals surface area (Å²) in [6.45, 7) is 0. The minimum absolute atomic E-state index is 0.433. The summed E-state index contributed by atoms with van der Waals surface area (Å²) >= 11 is 0. The molecule has 0 radical (unpaired) electrons. The lowest BCUT2D eigenvalue weighted by atomic mass is 10.5. The van der Waals surface area contributed by atoms with Gasteiger partial charge in [-0.15, -0.1) is 0 Å². The molecule has 0 heterocycles. The molecule has 0 saturated carbocycles. The van der Waals surface area contributed by atoms with E-state index in [1.165, 1.54) is 0 Å². The van der Waals surface area contributed by atoms with E-state index in [9.17, 15) is 14.4 Å². The summed E-state index contributed by atoms with van der Waals surface area (Å²) in [6.07, 6.45) is 0. The number of nitrogens with zero attached hydrogens (tertiary/aromatic N) is 1. The molecule has 0 aliphatic rings. The van der Waals surface area contributed by atoms with Gasteiger partial charge in [0.1, 0.15) is 0 Å². The van der Waals surface area contributed by atoms with E-state index in [4.69, 9.17) is 0 Å². The molecular formula is C4H7N3O3. The van der Waals surface area contributed by atoms with E-state index < -0.39 is 17.8 Å². The predicted molar refractivity (Wildman–Crippen MR) is 31.5 cm³/mol. The average molecular weight is 145 g/mol. The van der Waals surface area contributed by atoms with E-state index in [2.05, 4.69) is 11.5 Å². The van der Waals surface area contributed by atoms with Gasteiger partial charge in [-0.3, -0.25) is 14.5 Å². The van der Waals surface area contributed by atoms with Crippen LogP contribution in [-0.2, 0) is 9.59 Å². The van der Waals surface area contributed by atoms with E-state index in [1.54, 1.807) is 0 Å². The maximum absolute atomic E-state index is 10.4. The first-order chi connectivity index (χ1) is 4.46. The number of urea groups is 1. The maximum Gasteiger partial charge on any atom is 0.321 e. The number of primary amides is 2. The lowest BCUT2D eigenvalue weighted by molar-refractivity contribution is -0.141. The largest absolute Gasteiger partial charge is 0.361 e. The molecule has 0 aromatic carbocycles. The lowest BCUT2D eigenvalue weighted by Crippen LogP contribution is -2.43. The van der Waals surface area contributed by atoms with Crippen molar-refractivity contribution in [3.8, 4) is 0 Å². The van der Waals surface area contributed by atoms with Gasteiger partial charge < -0.3 is 11.5 Å². The molecule has 0 atom stereocenters. The third kappa shape index (κ3) is 1.73. The van der Waals surface area contributed by atoms with Crippen LogP contribution in [0.4, 0.5) is 4.79 Å². The summed E-state index contributed by atoms with van der Waals surface area (Å²) in [5, 5.41) is 0. The summed E-state index contributed by atoms with van der Waals surface area (Å²) < 4.78 is 0. The fourth-order valence-electron chi connectivity index (χ4n) is 0.265. The molecule has 4 N–H and O–H groups in total. The molecule has 0 fully saturated rings. The molecule has 6 heteroatoms. The van der Waals surface area contributed by atoms with Crippen molar-refractivity contribution in [3.05, 3.63) is 0 Å². The number of carbonyl (C=O) groups is 3. The van der Waals surface area contributed by atoms with E-state index in [0.29, 0.717) is 4.90 Å². The molecule has 0 aromatic rings. The number of rotatable bonds is 0. The zero-order valence-corrected chi connectivity index (χ0v) is 5.33. The first kappa shape index (κ1) is 8.41. The van der Waals surface area contributed by atoms with Crippen LogP contribution < -0.4 is 11.5 Å². The van der Waals surface area contributed by atoms with Gasteiger partial charge in [-0.1, -0.05) is 0 Å². The monoisotopic (exact) mass is 145 g/mol. The van der Waals surface area contributed by atoms with Gasteiger partial charge in [0, 0.05) is 7.05 Å². The molecule has 56 valence electrons. The van der Waals surface area contributed by atoms with Crippen molar-refractivity contribution < 1.29 is 14.4 Å². The summed E-state index contributed by atoms with van der Waals surface area (Å²) in [5.74, 6) is -2.33. The Kier molecular flexibility index (Phi) is 2.36. The Balaban J connectivity index is 4.22. The summed E-state index contributed by atoms with van der Waals surface area (Å²) in [6, 6.07) is -1.01. The second kappa shape index (κ2) is 2.81. The van der Waals surface area contributed by atoms with Crippen LogP contribution in [0.1, 0.15) is 0 Å². The lowest BCUT2D eigenvalue weighted by Gasteiger charge is -2.07. The van der Waals surface area contributed by atoms with Crippen LogP contribution in [0.5, 0.6) is 0 Å². The van der Waals surface area contributed by atoms with Crippen LogP contribution in [0, 0.1) is 0 Å². The normalized spacial score (nSPS) is 8.50. The van der Waals surface area contributed by atoms with Gasteiger partial charge in [-0.2, -0.15) is 0 Å². The van der Waals surface area contributed by atoms with Crippen molar-refractivity contribution in [3.63, 3.8) is 0 Å². The molecule has 0 bridgehead atoms. The highest BCUT2D eigenvalue weighted by Gasteiger charge is 2.18. The van der Waals surface area contributed by atoms with Crippen molar-refractivity contribution in [2.24, 2.45) is 11.5 Å². The van der Waals surface area contributed by atoms with Crippen LogP contribution in [0.25, 0.3) is 0 Å². The zero-order chi connectivity index (χ0) is 8.31. The Bertz CT molecular complexity index is 188. The number of likely N-dealkylation sites (N-methyl/N-ethyl adjacent to an activating group) is 1. The molecule has 6 nitrogen and oxygen atoms in total. The zero-order valence-electron chi connectivity index (χ0n) is 5.33. The van der Waals surface area contributed by atoms with Crippen LogP contribution in [0.2, 0.25) is 0 Å². The SMILES string of the molecule is CN(C(N)=O)C(=O)C(N)=O. The van der Waals surface area contributed by atoms with Crippen molar-refractivity contribution in [2.75, 3.05) is 7.05 Å². The fourth-order valence-corrected chi connectivity index (χ4v) is 0.265. The number of carbonyl (C=O) groups excluding carboxylic acids is 3. The Morgan fingerprint density at radius 3 is 1.70 bits per heavy atom. The van der Waals surface area contributed by atoms with E-state index in [0.717, 1.165) is 7.05 Å². The Morgan fingerprint density at radius 1 is 1.20 bits per heavy atom. The van der Waals surface area contributed by atoms with E-state index in [1.807, 2.05) is 0 Å². The topological polar surface area (TPSA) is 106 Å². The molecular weight excluding hydrogens is 138 g/mol. The molecule has 0 aromatic heterocycles. The van der Waals surface area contributed by atoms with Crippen LogP contribution in [-0.4, -0.2) is 29.8 Å². The predicted octanol–water partition coefficient (Wildman–Crippen LogP) is -1.99. The Labute approximate surface area is 56.8 Å². The Morgan fingerprint density at radius 2 is 1.60 bits per heavy atom. The molecule has 0 aliphatic heterocycles. The molecule has 0 spiro atoms. The quantitative estimate of drug-likeness (QED) is 0.385. The van der Waals surface area contributed by atoms with Gasteiger partial charge in [0.05, 0.1) is 0 Å². The van der Waals surface area contributed by atoms with Crippen LogP contribution in [0.15, 0.2) is 0 Å². The second-order valence-electron chi connectivity index (χ2n) is 1.57. The molecule has 0 saturated heterocycles. The highest BCUT2D eigenvalue weighted by atomic mass is 16.2. The molecule has 0 aliphatic carbocycles. The highest BCUT2D eigenvalue weighted by Crippen LogP contribution is 1.81. The standard InChI is InChI=1S/C4H7N3O3/c1-7(4(6)10)3(9)2(5)8/h1H3,(H2,5,8)(H2,6,10). The minimum atomic E-state index is -1.21. The van der Waals surface area contributed by atoms with E-state index >= 15 is 0 Å². The second-order valence-corrected chi connectivity index (χ2v) is 1.57. The average Bonchev–Trinajstić information content (AvgIpc) is 1.84. The van der Waals surface area contributed by atoms with Crippen LogP contribution in [0.3, 0.4) is 0 Å². The number of hydrogen-bond donors (Lipinski definition) is 2. The summed E-state index contributed by atoms with van der Waals surface area (Å²) in [7, 11) is 1.06. The van der Waals surface area contributed by atoms with Gasteiger partial charge in [-0.25, -0.2) is 4.79 Å². The number of hydrogen-bond acceptors (Lipinski definition) is 3. The van der Waals surface area contributed by atoms with Crippen molar-refractivity contribution in [1.29, 1.82) is 0 Å². The molecule has 4 amide bonds. The number of nitrogens with two attached hydrogens (primary N) is 2. The first-order valence-electron chi connectivity index (χ1n) is 2.33. The van der Waals surface area contributed by atoms with Gasteiger partial charge in [-0.05, 0) is 0 Å². The fraction of sp³-hybridized carbons (Fsp3) is 0.250. The highest BCUT2D eigenvalue weighted by molar-refractivity contribution is 6.36. The van der Waals surface area contributed by atoms with Gasteiger partial charge >= 0.3 is 17.8 Å². The smallest absolute Gasteiger partial charge is 0.321 e. The third-order valence-electron chi connectivity index (χ3n) is 0.846. The first-order valence-corrected chi connectivity index (χ1v) is 2.33. The van der Waals surface area contributed by atoms with Crippen LogP contribution >= 0.6 is 0 Å². The maximum atomic E-state index is 10.4. The molecule has 0 unspecified atom stereocenters. The van der Waals surface area contributed by atoms with Crippen molar-refractivity contribution in [1.82, 2.24) is 4.90 Å². The van der Waals surface area contributed by atoms with Gasteiger partial charge in [0.15, 0.2) is 0 Å². The van der Waals surface area contributed by atoms with Gasteiger partial charge in [0.2, 0.25) is 0 Å². The minimum Gasteiger partial charge on any atom is -0.361 e. The number of amides is 4. The van der Waals surface area contributed by atoms with Crippen molar-refractivity contribution >= 4 is 17.8 Å². The van der Waals surface area contributed by atoms with E-state index in [-0.39, 0.29) is 0 Å². The molecule has 0 rings (SSSR count). The molecule has 10 heavy (non-hydrogen) atoms. The third-order valence-corrected chi connectivity index (χ3v) is 0.846. The van der Waals surface area contributed by atoms with Gasteiger partial charge in [0.25, 0.3) is 0 Å². The van der Waals surface area contributed by atoms with Crippen molar-refractivity contribution in [2.45, 2.75) is 0 Å². The summed E-state index contributed by atoms with van der Waals surface area (Å²) in [4.78, 5) is 31.1. The Hall–Kier alpha value is -1.59. The number of imide groups is 1.